The molecule has 1 saturated heterocycles. The fourth-order valence-electron chi connectivity index (χ4n) is 3.68. The Hall–Kier alpha value is -2.57. The lowest BCUT2D eigenvalue weighted by Gasteiger charge is -2.24. The van der Waals surface area contributed by atoms with Crippen LogP contribution in [0.3, 0.4) is 0 Å². The second kappa shape index (κ2) is 7.35. The molecule has 2 aliphatic rings. The zero-order valence-corrected chi connectivity index (χ0v) is 15.4. The molecule has 4 amide bonds. The summed E-state index contributed by atoms with van der Waals surface area (Å²) >= 11 is 0. The molecule has 0 unspecified atom stereocenters. The zero-order chi connectivity index (χ0) is 18.7. The molecule has 2 N–H and O–H groups in total. The summed E-state index contributed by atoms with van der Waals surface area (Å²) in [5, 5.41) is 5.60. The fourth-order valence-corrected chi connectivity index (χ4v) is 3.68. The van der Waals surface area contributed by atoms with Gasteiger partial charge in [-0.3, -0.25) is 14.5 Å². The molecule has 0 aromatic heterocycles. The number of amides is 4. The summed E-state index contributed by atoms with van der Waals surface area (Å²) in [6.07, 6.45) is 5.31. The molecule has 1 aromatic carbocycles. The van der Waals surface area contributed by atoms with Crippen molar-refractivity contribution in [3.8, 4) is 0 Å². The molecule has 1 aliphatic carbocycles. The van der Waals surface area contributed by atoms with Crippen LogP contribution in [0, 0.1) is 0 Å². The molecule has 1 spiro atoms. The molecular formula is C19H26N4O3. The molecule has 1 aliphatic heterocycles. The third kappa shape index (κ3) is 3.66. The predicted octanol–water partition coefficient (Wildman–Crippen LogP) is 2.34. The molecule has 0 atom stereocenters. The van der Waals surface area contributed by atoms with Gasteiger partial charge in [-0.1, -0.05) is 25.7 Å². The monoisotopic (exact) mass is 358 g/mol. The number of carbonyl (C=O) groups is 3. The fraction of sp³-hybridized carbons (Fsp3) is 0.526. The van der Waals surface area contributed by atoms with Crippen LogP contribution in [0.5, 0.6) is 0 Å². The van der Waals surface area contributed by atoms with Crippen molar-refractivity contribution >= 4 is 29.2 Å². The molecule has 3 rings (SSSR count). The largest absolute Gasteiger partial charge is 0.378 e. The molecule has 140 valence electrons. The van der Waals surface area contributed by atoms with Crippen LogP contribution in [0.2, 0.25) is 0 Å². The van der Waals surface area contributed by atoms with Gasteiger partial charge in [0.05, 0.1) is 0 Å². The summed E-state index contributed by atoms with van der Waals surface area (Å²) in [5.41, 5.74) is 0.852. The predicted molar refractivity (Wildman–Crippen MR) is 100 cm³/mol. The van der Waals surface area contributed by atoms with Gasteiger partial charge in [0, 0.05) is 25.5 Å². The van der Waals surface area contributed by atoms with Crippen LogP contribution in [-0.2, 0) is 9.59 Å². The van der Waals surface area contributed by atoms with E-state index < -0.39 is 11.6 Å². The second-order valence-corrected chi connectivity index (χ2v) is 7.31. The molecule has 1 saturated carbocycles. The lowest BCUT2D eigenvalue weighted by Crippen LogP contribution is -2.47. The minimum Gasteiger partial charge on any atom is -0.378 e. The molecule has 1 heterocycles. The Bertz CT molecular complexity index is 691. The number of anilines is 2. The molecule has 7 nitrogen and oxygen atoms in total. The van der Waals surface area contributed by atoms with Gasteiger partial charge in [0.15, 0.2) is 0 Å². The van der Waals surface area contributed by atoms with Gasteiger partial charge >= 0.3 is 6.03 Å². The van der Waals surface area contributed by atoms with Gasteiger partial charge < -0.3 is 15.5 Å². The second-order valence-electron chi connectivity index (χ2n) is 7.31. The Kier molecular flexibility index (Phi) is 5.15. The molecule has 1 aromatic rings. The molecule has 7 heteroatoms. The summed E-state index contributed by atoms with van der Waals surface area (Å²) < 4.78 is 0. The van der Waals surface area contributed by atoms with E-state index in [1.54, 1.807) is 12.1 Å². The maximum absolute atomic E-state index is 12.8. The van der Waals surface area contributed by atoms with Crippen LogP contribution in [0.4, 0.5) is 16.2 Å². The number of rotatable bonds is 4. The van der Waals surface area contributed by atoms with E-state index in [0.29, 0.717) is 18.5 Å². The minimum absolute atomic E-state index is 0.262. The van der Waals surface area contributed by atoms with Crippen molar-refractivity contribution in [3.05, 3.63) is 24.3 Å². The highest BCUT2D eigenvalue weighted by Crippen LogP contribution is 2.32. The van der Waals surface area contributed by atoms with Gasteiger partial charge in [-0.2, -0.15) is 0 Å². The van der Waals surface area contributed by atoms with Gasteiger partial charge in [-0.05, 0) is 37.1 Å². The van der Waals surface area contributed by atoms with Crippen LogP contribution in [0.25, 0.3) is 0 Å². The third-order valence-corrected chi connectivity index (χ3v) is 5.17. The number of imide groups is 1. The first-order valence-electron chi connectivity index (χ1n) is 9.13. The van der Waals surface area contributed by atoms with Crippen LogP contribution >= 0.6 is 0 Å². The van der Waals surface area contributed by atoms with Gasteiger partial charge in [0.2, 0.25) is 5.91 Å². The van der Waals surface area contributed by atoms with E-state index in [2.05, 4.69) is 10.6 Å². The lowest BCUT2D eigenvalue weighted by atomic mass is 9.90. The van der Waals surface area contributed by atoms with Crippen molar-refractivity contribution < 1.29 is 14.4 Å². The number of hydrogen-bond donors (Lipinski definition) is 2. The smallest absolute Gasteiger partial charge is 0.325 e. The summed E-state index contributed by atoms with van der Waals surface area (Å²) in [4.78, 5) is 40.4. The number of nitrogens with zero attached hydrogens (tertiary/aromatic N) is 2. The summed E-state index contributed by atoms with van der Waals surface area (Å²) in [7, 11) is 3.88. The van der Waals surface area contributed by atoms with Crippen LogP contribution in [0.1, 0.15) is 38.5 Å². The van der Waals surface area contributed by atoms with Gasteiger partial charge in [0.1, 0.15) is 12.1 Å². The number of hydrogen-bond acceptors (Lipinski definition) is 4. The number of carbonyl (C=O) groups excluding carboxylic acids is 3. The summed E-state index contributed by atoms with van der Waals surface area (Å²) in [6.45, 7) is -0.262. The summed E-state index contributed by atoms with van der Waals surface area (Å²) in [5.74, 6) is -0.640. The first-order chi connectivity index (χ1) is 12.4. The van der Waals surface area contributed by atoms with Gasteiger partial charge in [-0.25, -0.2) is 4.79 Å². The molecule has 0 bridgehead atoms. The first-order valence-corrected chi connectivity index (χ1v) is 9.13. The van der Waals surface area contributed by atoms with Gasteiger partial charge in [0.25, 0.3) is 5.91 Å². The molecule has 2 fully saturated rings. The molecule has 26 heavy (non-hydrogen) atoms. The average Bonchev–Trinajstić information content (AvgIpc) is 2.77. The van der Waals surface area contributed by atoms with Crippen molar-refractivity contribution in [2.24, 2.45) is 0 Å². The Labute approximate surface area is 153 Å². The topological polar surface area (TPSA) is 81.8 Å². The third-order valence-electron chi connectivity index (χ3n) is 5.17. The Morgan fingerprint density at radius 3 is 2.31 bits per heavy atom. The highest BCUT2D eigenvalue weighted by molar-refractivity contribution is 6.10. The highest BCUT2D eigenvalue weighted by atomic mass is 16.2. The first kappa shape index (κ1) is 18.2. The van der Waals surface area contributed by atoms with Crippen LogP contribution in [-0.4, -0.2) is 48.9 Å². The van der Waals surface area contributed by atoms with E-state index >= 15 is 0 Å². The van der Waals surface area contributed by atoms with Crippen molar-refractivity contribution in [1.82, 2.24) is 10.2 Å². The van der Waals surface area contributed by atoms with Crippen molar-refractivity contribution in [2.75, 3.05) is 30.9 Å². The Balaban J connectivity index is 1.63. The minimum atomic E-state index is -0.804. The standard InChI is InChI=1S/C19H26N4O3/c1-22(2)15-9-7-14(8-10-15)20-16(24)13-23-17(25)19(21-18(23)26)11-5-3-4-6-12-19/h7-10H,3-6,11-13H2,1-2H3,(H,20,24)(H,21,26). The average molecular weight is 358 g/mol. The maximum Gasteiger partial charge on any atom is 0.325 e. The molecule has 0 radical (unpaired) electrons. The zero-order valence-electron chi connectivity index (χ0n) is 15.4. The van der Waals surface area contributed by atoms with E-state index in [1.165, 1.54) is 0 Å². The van der Waals surface area contributed by atoms with E-state index in [-0.39, 0.29) is 18.4 Å². The Morgan fingerprint density at radius 2 is 1.73 bits per heavy atom. The van der Waals surface area contributed by atoms with E-state index in [9.17, 15) is 14.4 Å². The number of nitrogens with one attached hydrogen (secondary N) is 2. The van der Waals surface area contributed by atoms with E-state index in [0.717, 1.165) is 36.3 Å². The number of benzene rings is 1. The quantitative estimate of drug-likeness (QED) is 0.810. The lowest BCUT2D eigenvalue weighted by molar-refractivity contribution is -0.134. The number of urea groups is 1. The normalized spacial score (nSPS) is 19.2. The summed E-state index contributed by atoms with van der Waals surface area (Å²) in [6, 6.07) is 6.92. The van der Waals surface area contributed by atoms with Crippen molar-refractivity contribution in [2.45, 2.75) is 44.1 Å². The SMILES string of the molecule is CN(C)c1ccc(NC(=O)CN2C(=O)NC3(CCCCCC3)C2=O)cc1. The van der Waals surface area contributed by atoms with Crippen LogP contribution < -0.4 is 15.5 Å². The van der Waals surface area contributed by atoms with E-state index in [4.69, 9.17) is 0 Å². The van der Waals surface area contributed by atoms with Gasteiger partial charge in [-0.15, -0.1) is 0 Å². The maximum atomic E-state index is 12.8. The van der Waals surface area contributed by atoms with Crippen LogP contribution in [0.15, 0.2) is 24.3 Å². The van der Waals surface area contributed by atoms with Crippen molar-refractivity contribution in [1.29, 1.82) is 0 Å². The Morgan fingerprint density at radius 1 is 1.12 bits per heavy atom. The highest BCUT2D eigenvalue weighted by Gasteiger charge is 2.51. The van der Waals surface area contributed by atoms with Crippen molar-refractivity contribution in [3.63, 3.8) is 0 Å². The molecular weight excluding hydrogens is 332 g/mol. The van der Waals surface area contributed by atoms with E-state index in [1.807, 2.05) is 31.1 Å².